The Balaban J connectivity index is 2.36. The van der Waals surface area contributed by atoms with Gasteiger partial charge in [-0.15, -0.1) is 0 Å². The van der Waals surface area contributed by atoms with E-state index in [-0.39, 0.29) is 29.2 Å². The predicted octanol–water partition coefficient (Wildman–Crippen LogP) is 2.03. The number of hydrogen-bond donors (Lipinski definition) is 0. The van der Waals surface area contributed by atoms with E-state index in [1.165, 1.54) is 24.3 Å². The maximum atomic E-state index is 12.0. The molecule has 0 N–H and O–H groups in total. The summed E-state index contributed by atoms with van der Waals surface area (Å²) < 4.78 is 4.96. The lowest BCUT2D eigenvalue weighted by atomic mass is 9.70. The Hall–Kier alpha value is -1.38. The van der Waals surface area contributed by atoms with Crippen LogP contribution in [0.3, 0.4) is 0 Å². The van der Waals surface area contributed by atoms with Crippen molar-refractivity contribution in [3.63, 3.8) is 0 Å². The smallest absolute Gasteiger partial charge is 0.201 e. The Morgan fingerprint density at radius 1 is 1.12 bits per heavy atom. The lowest BCUT2D eigenvalue weighted by Gasteiger charge is -2.33. The van der Waals surface area contributed by atoms with Gasteiger partial charge in [0.2, 0.25) is 5.78 Å². The molecule has 0 radical (unpaired) electrons. The van der Waals surface area contributed by atoms with Crippen LogP contribution in [0.4, 0.5) is 0 Å². The molecular weight excluding hydrogens is 204 g/mol. The summed E-state index contributed by atoms with van der Waals surface area (Å²) in [6.07, 6.45) is 2.77. The number of Topliss-reactive ketones (excluding diaryl/α,β-unsaturated/α-hetero) is 1. The number of carbonyl (C=O) groups excluding carboxylic acids is 2. The van der Waals surface area contributed by atoms with Crippen LogP contribution in [-0.4, -0.2) is 18.7 Å². The molecule has 3 nitrogen and oxygen atoms in total. The zero-order valence-electron chi connectivity index (χ0n) is 9.87. The zero-order valence-corrected chi connectivity index (χ0v) is 9.87. The van der Waals surface area contributed by atoms with Crippen molar-refractivity contribution in [2.45, 2.75) is 26.7 Å². The molecule has 2 aliphatic carbocycles. The SMILES string of the molecule is COC1=CC(=O)C2CC(C)=C(C)CC2C1=O. The van der Waals surface area contributed by atoms with Crippen LogP contribution in [0.15, 0.2) is 23.0 Å². The van der Waals surface area contributed by atoms with Crippen molar-refractivity contribution >= 4 is 11.6 Å². The second-order valence-corrected chi connectivity index (χ2v) is 4.66. The van der Waals surface area contributed by atoms with Crippen molar-refractivity contribution in [2.24, 2.45) is 11.8 Å². The fourth-order valence-corrected chi connectivity index (χ4v) is 2.52. The number of rotatable bonds is 1. The van der Waals surface area contributed by atoms with Crippen LogP contribution in [0, 0.1) is 11.8 Å². The molecular formula is C13H16O3. The van der Waals surface area contributed by atoms with Crippen LogP contribution in [0.1, 0.15) is 26.7 Å². The number of hydrogen-bond acceptors (Lipinski definition) is 3. The third-order valence-corrected chi connectivity index (χ3v) is 3.70. The molecule has 0 amide bonds. The zero-order chi connectivity index (χ0) is 11.9. The Kier molecular flexibility index (Phi) is 2.70. The molecule has 0 heterocycles. The van der Waals surface area contributed by atoms with Crippen LogP contribution in [-0.2, 0) is 14.3 Å². The van der Waals surface area contributed by atoms with Gasteiger partial charge in [0, 0.05) is 17.9 Å². The highest BCUT2D eigenvalue weighted by atomic mass is 16.5. The molecule has 0 fully saturated rings. The van der Waals surface area contributed by atoms with E-state index in [2.05, 4.69) is 0 Å². The average Bonchev–Trinajstić information content (AvgIpc) is 2.26. The first kappa shape index (κ1) is 11.1. The van der Waals surface area contributed by atoms with Gasteiger partial charge >= 0.3 is 0 Å². The number of allylic oxidation sites excluding steroid dienone is 4. The first-order valence-electron chi connectivity index (χ1n) is 5.53. The van der Waals surface area contributed by atoms with Gasteiger partial charge in [-0.05, 0) is 26.7 Å². The van der Waals surface area contributed by atoms with E-state index in [1.807, 2.05) is 13.8 Å². The van der Waals surface area contributed by atoms with Gasteiger partial charge in [0.1, 0.15) is 0 Å². The van der Waals surface area contributed by atoms with Crippen molar-refractivity contribution in [2.75, 3.05) is 7.11 Å². The third-order valence-electron chi connectivity index (χ3n) is 3.70. The van der Waals surface area contributed by atoms with Gasteiger partial charge in [-0.1, -0.05) is 11.1 Å². The minimum absolute atomic E-state index is 0.0149. The number of fused-ring (bicyclic) bond motifs is 1. The summed E-state index contributed by atoms with van der Waals surface area (Å²) in [7, 11) is 1.44. The van der Waals surface area contributed by atoms with Gasteiger partial charge in [-0.3, -0.25) is 9.59 Å². The summed E-state index contributed by atoms with van der Waals surface area (Å²) in [6.45, 7) is 4.08. The quantitative estimate of drug-likeness (QED) is 0.635. The van der Waals surface area contributed by atoms with Crippen LogP contribution in [0.25, 0.3) is 0 Å². The second-order valence-electron chi connectivity index (χ2n) is 4.66. The molecule has 2 atom stereocenters. The minimum Gasteiger partial charge on any atom is -0.493 e. The van der Waals surface area contributed by atoms with E-state index in [1.54, 1.807) is 0 Å². The van der Waals surface area contributed by atoms with Gasteiger partial charge in [-0.25, -0.2) is 0 Å². The Labute approximate surface area is 95.2 Å². The summed E-state index contributed by atoms with van der Waals surface area (Å²) in [5.74, 6) is -0.114. The maximum Gasteiger partial charge on any atom is 0.201 e. The molecule has 2 aliphatic rings. The van der Waals surface area contributed by atoms with Crippen molar-refractivity contribution in [1.29, 1.82) is 0 Å². The highest BCUT2D eigenvalue weighted by Gasteiger charge is 2.41. The molecule has 0 saturated carbocycles. The number of methoxy groups -OCH3 is 1. The highest BCUT2D eigenvalue weighted by Crippen LogP contribution is 2.39. The van der Waals surface area contributed by atoms with Crippen LogP contribution in [0.2, 0.25) is 0 Å². The van der Waals surface area contributed by atoms with Crippen LogP contribution < -0.4 is 0 Å². The summed E-state index contributed by atoms with van der Waals surface area (Å²) in [6, 6.07) is 0. The Morgan fingerprint density at radius 2 is 1.69 bits per heavy atom. The van der Waals surface area contributed by atoms with Gasteiger partial charge in [-0.2, -0.15) is 0 Å². The van der Waals surface area contributed by atoms with Crippen molar-refractivity contribution in [1.82, 2.24) is 0 Å². The van der Waals surface area contributed by atoms with Crippen molar-refractivity contribution in [3.8, 4) is 0 Å². The van der Waals surface area contributed by atoms with Crippen LogP contribution >= 0.6 is 0 Å². The van der Waals surface area contributed by atoms with E-state index in [4.69, 9.17) is 4.74 Å². The first-order chi connectivity index (χ1) is 7.54. The van der Waals surface area contributed by atoms with Crippen LogP contribution in [0.5, 0.6) is 0 Å². The molecule has 2 unspecified atom stereocenters. The number of ether oxygens (including phenoxy) is 1. The molecule has 86 valence electrons. The van der Waals surface area contributed by atoms with Gasteiger partial charge in [0.05, 0.1) is 7.11 Å². The molecule has 16 heavy (non-hydrogen) atoms. The van der Waals surface area contributed by atoms with E-state index < -0.39 is 0 Å². The van der Waals surface area contributed by atoms with Crippen molar-refractivity contribution in [3.05, 3.63) is 23.0 Å². The molecule has 0 saturated heterocycles. The summed E-state index contributed by atoms with van der Waals surface area (Å²) in [5, 5.41) is 0. The standard InChI is InChI=1S/C13H16O3/c1-7-4-9-10(5-8(7)2)13(15)12(16-3)6-11(9)14/h6,9-10H,4-5H2,1-3H3. The lowest BCUT2D eigenvalue weighted by Crippen LogP contribution is -2.37. The normalized spacial score (nSPS) is 30.1. The molecule has 0 bridgehead atoms. The topological polar surface area (TPSA) is 43.4 Å². The van der Waals surface area contributed by atoms with E-state index >= 15 is 0 Å². The monoisotopic (exact) mass is 220 g/mol. The van der Waals surface area contributed by atoms with Crippen molar-refractivity contribution < 1.29 is 14.3 Å². The summed E-state index contributed by atoms with van der Waals surface area (Å²) in [5.41, 5.74) is 2.48. The van der Waals surface area contributed by atoms with Gasteiger partial charge in [0.25, 0.3) is 0 Å². The largest absolute Gasteiger partial charge is 0.493 e. The number of ketones is 2. The van der Waals surface area contributed by atoms with E-state index in [0.717, 1.165) is 0 Å². The van der Waals surface area contributed by atoms with Gasteiger partial charge in [0.15, 0.2) is 11.5 Å². The molecule has 2 rings (SSSR count). The summed E-state index contributed by atoms with van der Waals surface area (Å²) in [4.78, 5) is 23.9. The minimum atomic E-state index is -0.198. The lowest BCUT2D eigenvalue weighted by molar-refractivity contribution is -0.132. The molecule has 0 aromatic heterocycles. The van der Waals surface area contributed by atoms with E-state index in [9.17, 15) is 9.59 Å². The average molecular weight is 220 g/mol. The second kappa shape index (κ2) is 3.89. The summed E-state index contributed by atoms with van der Waals surface area (Å²) >= 11 is 0. The van der Waals surface area contributed by atoms with Gasteiger partial charge < -0.3 is 4.74 Å². The predicted molar refractivity (Wildman–Crippen MR) is 59.7 cm³/mol. The molecule has 0 spiro atoms. The fraction of sp³-hybridized carbons (Fsp3) is 0.538. The van der Waals surface area contributed by atoms with E-state index in [0.29, 0.717) is 12.8 Å². The third kappa shape index (κ3) is 1.60. The Morgan fingerprint density at radius 3 is 2.25 bits per heavy atom. The Bertz CT molecular complexity index is 415. The maximum absolute atomic E-state index is 12.0. The molecule has 0 aliphatic heterocycles. The molecule has 3 heteroatoms. The number of carbonyl (C=O) groups is 2. The molecule has 0 aromatic carbocycles. The highest BCUT2D eigenvalue weighted by molar-refractivity contribution is 6.09. The molecule has 0 aromatic rings. The fourth-order valence-electron chi connectivity index (χ4n) is 2.52. The first-order valence-corrected chi connectivity index (χ1v) is 5.53.